The maximum atomic E-state index is 12.3. The van der Waals surface area contributed by atoms with Crippen molar-refractivity contribution in [2.45, 2.75) is 58.3 Å². The molecule has 1 unspecified atom stereocenters. The van der Waals surface area contributed by atoms with Gasteiger partial charge in [-0.3, -0.25) is 4.90 Å². The van der Waals surface area contributed by atoms with Crippen LogP contribution in [0.2, 0.25) is 0 Å². The molecule has 2 nitrogen and oxygen atoms in total. The van der Waals surface area contributed by atoms with Gasteiger partial charge < -0.3 is 5.32 Å². The van der Waals surface area contributed by atoms with Crippen LogP contribution < -0.4 is 5.32 Å². The van der Waals surface area contributed by atoms with Crippen LogP contribution in [0.25, 0.3) is 0 Å². The SMILES string of the molecule is CCCC(CNC(C)(C)C)N(C)CC(F)(F)F. The molecule has 0 radical (unpaired) electrons. The van der Waals surface area contributed by atoms with Gasteiger partial charge in [0.05, 0.1) is 6.54 Å². The summed E-state index contributed by atoms with van der Waals surface area (Å²) in [6, 6.07) is -0.0687. The second-order valence-corrected chi connectivity index (χ2v) is 5.60. The maximum absolute atomic E-state index is 12.3. The molecule has 5 heteroatoms. The zero-order valence-electron chi connectivity index (χ0n) is 11.5. The summed E-state index contributed by atoms with van der Waals surface area (Å²) in [5.41, 5.74) is -0.0644. The highest BCUT2D eigenvalue weighted by Crippen LogP contribution is 2.18. The van der Waals surface area contributed by atoms with E-state index in [0.717, 1.165) is 12.8 Å². The molecule has 0 aromatic heterocycles. The van der Waals surface area contributed by atoms with Crippen molar-refractivity contribution in [3.8, 4) is 0 Å². The molecule has 0 heterocycles. The lowest BCUT2D eigenvalue weighted by Gasteiger charge is -2.32. The molecular formula is C12H25F3N2. The Kier molecular flexibility index (Phi) is 6.48. The predicted molar refractivity (Wildman–Crippen MR) is 65.1 cm³/mol. The van der Waals surface area contributed by atoms with Crippen molar-refractivity contribution in [1.82, 2.24) is 10.2 Å². The summed E-state index contributed by atoms with van der Waals surface area (Å²) in [7, 11) is 1.54. The van der Waals surface area contributed by atoms with Gasteiger partial charge in [-0.05, 0) is 34.2 Å². The first kappa shape index (κ1) is 16.7. The van der Waals surface area contributed by atoms with Crippen LogP contribution in [0.5, 0.6) is 0 Å². The monoisotopic (exact) mass is 254 g/mol. The zero-order valence-corrected chi connectivity index (χ0v) is 11.5. The normalized spacial score (nSPS) is 15.4. The fourth-order valence-corrected chi connectivity index (χ4v) is 1.65. The van der Waals surface area contributed by atoms with Crippen LogP contribution in [-0.4, -0.2) is 42.8 Å². The van der Waals surface area contributed by atoms with Gasteiger partial charge in [-0.2, -0.15) is 13.2 Å². The van der Waals surface area contributed by atoms with Crippen molar-refractivity contribution in [2.75, 3.05) is 20.1 Å². The third kappa shape index (κ3) is 9.41. The molecule has 104 valence electrons. The number of nitrogens with one attached hydrogen (secondary N) is 1. The van der Waals surface area contributed by atoms with E-state index in [-0.39, 0.29) is 11.6 Å². The van der Waals surface area contributed by atoms with Gasteiger partial charge >= 0.3 is 6.18 Å². The Morgan fingerprint density at radius 1 is 1.18 bits per heavy atom. The lowest BCUT2D eigenvalue weighted by Crippen LogP contribution is -2.48. The molecule has 0 aliphatic carbocycles. The Bertz CT molecular complexity index is 209. The lowest BCUT2D eigenvalue weighted by atomic mass is 10.1. The molecule has 1 atom stereocenters. The molecule has 0 bridgehead atoms. The Morgan fingerprint density at radius 3 is 2.06 bits per heavy atom. The maximum Gasteiger partial charge on any atom is 0.401 e. The molecule has 0 rings (SSSR count). The molecule has 17 heavy (non-hydrogen) atoms. The third-order valence-electron chi connectivity index (χ3n) is 2.54. The number of likely N-dealkylation sites (N-methyl/N-ethyl adjacent to an activating group) is 1. The Labute approximate surface area is 103 Å². The van der Waals surface area contributed by atoms with Gasteiger partial charge in [-0.15, -0.1) is 0 Å². The van der Waals surface area contributed by atoms with E-state index in [1.54, 1.807) is 0 Å². The third-order valence-corrected chi connectivity index (χ3v) is 2.54. The second-order valence-electron chi connectivity index (χ2n) is 5.60. The van der Waals surface area contributed by atoms with Gasteiger partial charge in [-0.25, -0.2) is 0 Å². The average molecular weight is 254 g/mol. The van der Waals surface area contributed by atoms with Gasteiger partial charge in [0.1, 0.15) is 0 Å². The lowest BCUT2D eigenvalue weighted by molar-refractivity contribution is -0.147. The number of alkyl halides is 3. The molecule has 1 N–H and O–H groups in total. The van der Waals surface area contributed by atoms with Crippen molar-refractivity contribution in [3.05, 3.63) is 0 Å². The smallest absolute Gasteiger partial charge is 0.311 e. The summed E-state index contributed by atoms with van der Waals surface area (Å²) in [4.78, 5) is 1.39. The van der Waals surface area contributed by atoms with E-state index in [0.29, 0.717) is 6.54 Å². The van der Waals surface area contributed by atoms with Crippen LogP contribution in [0, 0.1) is 0 Å². The van der Waals surface area contributed by atoms with Crippen LogP contribution in [-0.2, 0) is 0 Å². The minimum Gasteiger partial charge on any atom is -0.311 e. The summed E-state index contributed by atoms with van der Waals surface area (Å²) in [6.07, 6.45) is -2.46. The van der Waals surface area contributed by atoms with Crippen LogP contribution in [0.1, 0.15) is 40.5 Å². The van der Waals surface area contributed by atoms with Gasteiger partial charge in [0.15, 0.2) is 0 Å². The van der Waals surface area contributed by atoms with Crippen LogP contribution in [0.15, 0.2) is 0 Å². The Balaban J connectivity index is 4.31. The van der Waals surface area contributed by atoms with E-state index in [9.17, 15) is 13.2 Å². The van der Waals surface area contributed by atoms with Crippen molar-refractivity contribution in [2.24, 2.45) is 0 Å². The van der Waals surface area contributed by atoms with E-state index >= 15 is 0 Å². The summed E-state index contributed by atoms with van der Waals surface area (Å²) < 4.78 is 37.0. The minimum absolute atomic E-state index is 0.0644. The highest BCUT2D eigenvalue weighted by atomic mass is 19.4. The van der Waals surface area contributed by atoms with E-state index < -0.39 is 12.7 Å². The van der Waals surface area contributed by atoms with Crippen molar-refractivity contribution in [3.63, 3.8) is 0 Å². The highest BCUT2D eigenvalue weighted by Gasteiger charge is 2.31. The minimum atomic E-state index is -4.12. The van der Waals surface area contributed by atoms with Crippen molar-refractivity contribution < 1.29 is 13.2 Å². The van der Waals surface area contributed by atoms with Gasteiger partial charge in [0, 0.05) is 18.1 Å². The molecule has 0 spiro atoms. The summed E-state index contributed by atoms with van der Waals surface area (Å²) >= 11 is 0. The predicted octanol–water partition coefficient (Wildman–Crippen LogP) is 3.04. The molecular weight excluding hydrogens is 229 g/mol. The number of hydrogen-bond donors (Lipinski definition) is 1. The summed E-state index contributed by atoms with van der Waals surface area (Å²) in [5.74, 6) is 0. The molecule has 0 aromatic rings. The van der Waals surface area contributed by atoms with Gasteiger partial charge in [-0.1, -0.05) is 13.3 Å². The van der Waals surface area contributed by atoms with E-state index in [4.69, 9.17) is 0 Å². The highest BCUT2D eigenvalue weighted by molar-refractivity contribution is 4.78. The molecule has 0 saturated heterocycles. The summed E-state index contributed by atoms with van der Waals surface area (Å²) in [6.45, 7) is 7.78. The van der Waals surface area contributed by atoms with Crippen molar-refractivity contribution >= 4 is 0 Å². The largest absolute Gasteiger partial charge is 0.401 e. The zero-order chi connectivity index (χ0) is 13.7. The molecule has 0 aromatic carbocycles. The van der Waals surface area contributed by atoms with Crippen LogP contribution in [0.3, 0.4) is 0 Å². The van der Waals surface area contributed by atoms with E-state index in [1.165, 1.54) is 11.9 Å². The average Bonchev–Trinajstić information content (AvgIpc) is 2.07. The van der Waals surface area contributed by atoms with E-state index in [2.05, 4.69) is 5.32 Å². The number of hydrogen-bond acceptors (Lipinski definition) is 2. The number of halogens is 3. The fourth-order valence-electron chi connectivity index (χ4n) is 1.65. The molecule has 0 aliphatic heterocycles. The topological polar surface area (TPSA) is 15.3 Å². The second kappa shape index (κ2) is 6.59. The van der Waals surface area contributed by atoms with E-state index in [1.807, 2.05) is 27.7 Å². The summed E-state index contributed by atoms with van der Waals surface area (Å²) in [5, 5.41) is 3.26. The quantitative estimate of drug-likeness (QED) is 0.783. The first-order valence-electron chi connectivity index (χ1n) is 6.07. The van der Waals surface area contributed by atoms with Gasteiger partial charge in [0.2, 0.25) is 0 Å². The number of rotatable bonds is 6. The Morgan fingerprint density at radius 2 is 1.71 bits per heavy atom. The molecule has 0 aliphatic rings. The van der Waals surface area contributed by atoms with Crippen molar-refractivity contribution in [1.29, 1.82) is 0 Å². The first-order chi connectivity index (χ1) is 7.55. The molecule has 0 saturated carbocycles. The molecule has 0 amide bonds. The first-order valence-corrected chi connectivity index (χ1v) is 6.07. The Hall–Kier alpha value is -0.290. The van der Waals surface area contributed by atoms with Gasteiger partial charge in [0.25, 0.3) is 0 Å². The fraction of sp³-hybridized carbons (Fsp3) is 1.00. The molecule has 0 fully saturated rings. The van der Waals surface area contributed by atoms with Crippen LogP contribution >= 0.6 is 0 Å². The standard InChI is InChI=1S/C12H25F3N2/c1-6-7-10(8-16-11(2,3)4)17(5)9-12(13,14)15/h10,16H,6-9H2,1-5H3. The van der Waals surface area contributed by atoms with Crippen LogP contribution in [0.4, 0.5) is 13.2 Å². The number of nitrogens with zero attached hydrogens (tertiary/aromatic N) is 1.